The lowest BCUT2D eigenvalue weighted by atomic mass is 10.0. The highest BCUT2D eigenvalue weighted by atomic mass is 35.5. The molecular weight excluding hydrogens is 338 g/mol. The first-order valence-corrected chi connectivity index (χ1v) is 8.69. The summed E-state index contributed by atoms with van der Waals surface area (Å²) in [7, 11) is 0. The van der Waals surface area contributed by atoms with E-state index >= 15 is 0 Å². The standard InChI is InChI=1S/C19H33N3O2.ClH/c1-14(11-18(24)21-19(3,4)5)13-20-22-17(15(2)23)12-16-9-7-6-8-10-16;/h6-10,14-15,17,20,22-23H,11-13H2,1-5H3,(H,21,24);1H/t14?,15-,17-;/m0./s1. The molecule has 3 atom stereocenters. The lowest BCUT2D eigenvalue weighted by Gasteiger charge is -2.24. The SMILES string of the molecule is CC(CNN[C@@H](Cc1ccccc1)[C@H](C)O)CC(=O)NC(C)(C)C.Cl. The van der Waals surface area contributed by atoms with E-state index in [1.807, 2.05) is 45.9 Å². The molecule has 0 aliphatic rings. The predicted molar refractivity (Wildman–Crippen MR) is 106 cm³/mol. The van der Waals surface area contributed by atoms with Crippen molar-refractivity contribution in [2.45, 2.75) is 65.1 Å². The summed E-state index contributed by atoms with van der Waals surface area (Å²) in [6.07, 6.45) is 0.742. The number of amides is 1. The van der Waals surface area contributed by atoms with Gasteiger partial charge in [0.05, 0.1) is 12.1 Å². The Hall–Kier alpha value is -1.14. The van der Waals surface area contributed by atoms with Crippen molar-refractivity contribution in [1.82, 2.24) is 16.2 Å². The Balaban J connectivity index is 0.00000576. The summed E-state index contributed by atoms with van der Waals surface area (Å²) in [5.74, 6) is 0.263. The number of rotatable bonds is 9. The van der Waals surface area contributed by atoms with Gasteiger partial charge in [0.2, 0.25) is 5.91 Å². The summed E-state index contributed by atoms with van der Waals surface area (Å²) in [4.78, 5) is 11.9. The summed E-state index contributed by atoms with van der Waals surface area (Å²) < 4.78 is 0. The zero-order chi connectivity index (χ0) is 18.2. The Bertz CT molecular complexity index is 489. The molecule has 0 saturated heterocycles. The molecule has 0 radical (unpaired) electrons. The number of carbonyl (C=O) groups is 1. The molecule has 0 saturated carbocycles. The van der Waals surface area contributed by atoms with E-state index in [9.17, 15) is 9.90 Å². The van der Waals surface area contributed by atoms with E-state index in [2.05, 4.69) is 28.3 Å². The van der Waals surface area contributed by atoms with E-state index < -0.39 is 6.10 Å². The molecule has 1 aromatic carbocycles. The van der Waals surface area contributed by atoms with Gasteiger partial charge < -0.3 is 10.4 Å². The Morgan fingerprint density at radius 3 is 2.28 bits per heavy atom. The molecule has 1 aromatic rings. The zero-order valence-corrected chi connectivity index (χ0v) is 16.8. The minimum Gasteiger partial charge on any atom is -0.392 e. The highest BCUT2D eigenvalue weighted by Gasteiger charge is 2.18. The van der Waals surface area contributed by atoms with Crippen LogP contribution in [0, 0.1) is 5.92 Å². The lowest BCUT2D eigenvalue weighted by Crippen LogP contribution is -2.49. The van der Waals surface area contributed by atoms with E-state index in [-0.39, 0.29) is 35.8 Å². The van der Waals surface area contributed by atoms with Crippen molar-refractivity contribution in [1.29, 1.82) is 0 Å². The number of hydrazine groups is 1. The predicted octanol–water partition coefficient (Wildman–Crippen LogP) is 2.44. The van der Waals surface area contributed by atoms with Crippen LogP contribution in [-0.2, 0) is 11.2 Å². The topological polar surface area (TPSA) is 73.4 Å². The molecule has 1 unspecified atom stereocenters. The maximum atomic E-state index is 11.9. The minimum atomic E-state index is -0.475. The Kier molecular flexibility index (Phi) is 10.9. The highest BCUT2D eigenvalue weighted by Crippen LogP contribution is 2.07. The minimum absolute atomic E-state index is 0. The molecule has 6 heteroatoms. The van der Waals surface area contributed by atoms with E-state index in [1.165, 1.54) is 5.56 Å². The van der Waals surface area contributed by atoms with Gasteiger partial charge in [0.1, 0.15) is 0 Å². The van der Waals surface area contributed by atoms with Crippen molar-refractivity contribution < 1.29 is 9.90 Å². The van der Waals surface area contributed by atoms with Crippen LogP contribution in [0.15, 0.2) is 30.3 Å². The van der Waals surface area contributed by atoms with Gasteiger partial charge in [-0.2, -0.15) is 0 Å². The molecular formula is C19H34ClN3O2. The van der Waals surface area contributed by atoms with Crippen LogP contribution < -0.4 is 16.2 Å². The van der Waals surface area contributed by atoms with Crippen LogP contribution in [0.4, 0.5) is 0 Å². The second-order valence-electron chi connectivity index (χ2n) is 7.67. The van der Waals surface area contributed by atoms with Crippen LogP contribution >= 0.6 is 12.4 Å². The molecule has 5 nitrogen and oxygen atoms in total. The Morgan fingerprint density at radius 1 is 1.16 bits per heavy atom. The van der Waals surface area contributed by atoms with Crippen molar-refractivity contribution in [2.75, 3.05) is 6.54 Å². The molecule has 0 bridgehead atoms. The maximum absolute atomic E-state index is 11.9. The number of halogens is 1. The number of carbonyl (C=O) groups excluding carboxylic acids is 1. The zero-order valence-electron chi connectivity index (χ0n) is 16.0. The third kappa shape index (κ3) is 11.2. The van der Waals surface area contributed by atoms with Crippen LogP contribution in [0.2, 0.25) is 0 Å². The maximum Gasteiger partial charge on any atom is 0.220 e. The van der Waals surface area contributed by atoms with Crippen molar-refractivity contribution in [2.24, 2.45) is 5.92 Å². The Morgan fingerprint density at radius 2 is 1.76 bits per heavy atom. The van der Waals surface area contributed by atoms with Crippen LogP contribution in [0.1, 0.15) is 46.6 Å². The first-order valence-electron chi connectivity index (χ1n) is 8.69. The summed E-state index contributed by atoms with van der Waals surface area (Å²) in [5, 5.41) is 12.9. The molecule has 0 aliphatic carbocycles. The van der Waals surface area contributed by atoms with Gasteiger partial charge in [-0.15, -0.1) is 12.4 Å². The Labute approximate surface area is 158 Å². The number of aliphatic hydroxyl groups is 1. The average Bonchev–Trinajstić information content (AvgIpc) is 2.44. The van der Waals surface area contributed by atoms with Crippen LogP contribution in [0.25, 0.3) is 0 Å². The van der Waals surface area contributed by atoms with E-state index in [0.717, 1.165) is 6.42 Å². The van der Waals surface area contributed by atoms with E-state index in [1.54, 1.807) is 6.92 Å². The van der Waals surface area contributed by atoms with Crippen molar-refractivity contribution in [3.05, 3.63) is 35.9 Å². The lowest BCUT2D eigenvalue weighted by molar-refractivity contribution is -0.123. The quantitative estimate of drug-likeness (QED) is 0.503. The summed E-state index contributed by atoms with van der Waals surface area (Å²) in [6, 6.07) is 10.0. The number of hydrogen-bond acceptors (Lipinski definition) is 4. The van der Waals surface area contributed by atoms with Crippen molar-refractivity contribution in [3.63, 3.8) is 0 Å². The van der Waals surface area contributed by atoms with Crippen LogP contribution in [0.5, 0.6) is 0 Å². The van der Waals surface area contributed by atoms with E-state index in [4.69, 9.17) is 0 Å². The summed E-state index contributed by atoms with van der Waals surface area (Å²) in [5.41, 5.74) is 7.33. The summed E-state index contributed by atoms with van der Waals surface area (Å²) in [6.45, 7) is 10.4. The summed E-state index contributed by atoms with van der Waals surface area (Å²) >= 11 is 0. The van der Waals surface area contributed by atoms with Crippen molar-refractivity contribution in [3.8, 4) is 0 Å². The molecule has 25 heavy (non-hydrogen) atoms. The fourth-order valence-corrected chi connectivity index (χ4v) is 2.43. The van der Waals surface area contributed by atoms with Gasteiger partial charge in [0.15, 0.2) is 0 Å². The van der Waals surface area contributed by atoms with Gasteiger partial charge in [-0.3, -0.25) is 15.6 Å². The van der Waals surface area contributed by atoms with Crippen LogP contribution in [-0.4, -0.2) is 35.2 Å². The van der Waals surface area contributed by atoms with Gasteiger partial charge in [-0.1, -0.05) is 37.3 Å². The molecule has 1 rings (SSSR count). The molecule has 4 N–H and O–H groups in total. The number of aliphatic hydroxyl groups excluding tert-OH is 1. The second kappa shape index (κ2) is 11.5. The third-order valence-corrected chi connectivity index (χ3v) is 3.67. The smallest absolute Gasteiger partial charge is 0.220 e. The molecule has 0 aliphatic heterocycles. The largest absolute Gasteiger partial charge is 0.392 e. The number of nitrogens with one attached hydrogen (secondary N) is 3. The highest BCUT2D eigenvalue weighted by molar-refractivity contribution is 5.85. The molecule has 0 spiro atoms. The number of benzene rings is 1. The normalized spacial score (nSPS) is 15.0. The first-order chi connectivity index (χ1) is 11.2. The molecule has 0 aromatic heterocycles. The van der Waals surface area contributed by atoms with Gasteiger partial charge in [-0.25, -0.2) is 0 Å². The molecule has 0 fully saturated rings. The molecule has 0 heterocycles. The molecule has 144 valence electrons. The fraction of sp³-hybridized carbons (Fsp3) is 0.632. The third-order valence-electron chi connectivity index (χ3n) is 3.67. The monoisotopic (exact) mass is 371 g/mol. The van der Waals surface area contributed by atoms with Gasteiger partial charge in [-0.05, 0) is 45.6 Å². The van der Waals surface area contributed by atoms with Gasteiger partial charge in [0, 0.05) is 18.5 Å². The second-order valence-corrected chi connectivity index (χ2v) is 7.67. The molecule has 1 amide bonds. The van der Waals surface area contributed by atoms with E-state index in [0.29, 0.717) is 13.0 Å². The van der Waals surface area contributed by atoms with Gasteiger partial charge in [0.25, 0.3) is 0 Å². The van der Waals surface area contributed by atoms with Gasteiger partial charge >= 0.3 is 0 Å². The fourth-order valence-electron chi connectivity index (χ4n) is 2.43. The van der Waals surface area contributed by atoms with Crippen LogP contribution in [0.3, 0.4) is 0 Å². The average molecular weight is 372 g/mol. The van der Waals surface area contributed by atoms with Crippen molar-refractivity contribution >= 4 is 18.3 Å². The first kappa shape index (κ1) is 23.9. The number of hydrogen-bond donors (Lipinski definition) is 4.